The molecule has 1 aromatic carbocycles. The minimum Gasteiger partial charge on any atom is -0.485 e. The van der Waals surface area contributed by atoms with Crippen LogP contribution in [-0.2, 0) is 11.4 Å². The SMILES string of the molecule is Cl.Cl.O=C(Nc1ccccc1OCc1cscn1)C1CC12CCNCC2. The van der Waals surface area contributed by atoms with Crippen molar-refractivity contribution < 1.29 is 9.53 Å². The summed E-state index contributed by atoms with van der Waals surface area (Å²) in [6.45, 7) is 2.46. The quantitative estimate of drug-likeness (QED) is 0.776. The molecule has 2 heterocycles. The Bertz CT molecular complexity index is 721. The Kier molecular flexibility index (Phi) is 7.29. The molecule has 4 rings (SSSR count). The lowest BCUT2D eigenvalue weighted by atomic mass is 9.92. The minimum atomic E-state index is 0. The number of aromatic nitrogens is 1. The van der Waals surface area contributed by atoms with Crippen molar-refractivity contribution in [3.63, 3.8) is 0 Å². The van der Waals surface area contributed by atoms with Crippen LogP contribution >= 0.6 is 36.2 Å². The van der Waals surface area contributed by atoms with E-state index in [9.17, 15) is 4.79 Å². The molecule has 1 atom stereocenters. The van der Waals surface area contributed by atoms with E-state index in [1.165, 1.54) is 0 Å². The average molecular weight is 416 g/mol. The van der Waals surface area contributed by atoms with Gasteiger partial charge in [-0.15, -0.1) is 36.2 Å². The summed E-state index contributed by atoms with van der Waals surface area (Å²) in [4.78, 5) is 16.9. The molecule has 0 radical (unpaired) electrons. The molecular formula is C18H23Cl2N3O2S. The lowest BCUT2D eigenvalue weighted by Crippen LogP contribution is -2.31. The fourth-order valence-electron chi connectivity index (χ4n) is 3.57. The maximum atomic E-state index is 12.6. The molecule has 2 aliphatic rings. The van der Waals surface area contributed by atoms with E-state index in [0.29, 0.717) is 12.4 Å². The molecule has 1 amide bonds. The van der Waals surface area contributed by atoms with Crippen LogP contribution in [0, 0.1) is 11.3 Å². The summed E-state index contributed by atoms with van der Waals surface area (Å²) in [6, 6.07) is 7.61. The first kappa shape index (κ1) is 21.0. The van der Waals surface area contributed by atoms with Gasteiger partial charge in [-0.3, -0.25) is 4.79 Å². The number of ether oxygens (including phenoxy) is 1. The highest BCUT2D eigenvalue weighted by atomic mass is 35.5. The number of thiazole rings is 1. The molecule has 1 saturated heterocycles. The molecular weight excluding hydrogens is 393 g/mol. The predicted octanol–water partition coefficient (Wildman–Crippen LogP) is 3.89. The van der Waals surface area contributed by atoms with E-state index in [4.69, 9.17) is 4.74 Å². The molecule has 1 unspecified atom stereocenters. The number of rotatable bonds is 5. The van der Waals surface area contributed by atoms with Crippen molar-refractivity contribution >= 4 is 47.7 Å². The normalized spacial score (nSPS) is 19.8. The van der Waals surface area contributed by atoms with Gasteiger partial charge in [0.1, 0.15) is 12.4 Å². The van der Waals surface area contributed by atoms with Crippen molar-refractivity contribution in [2.45, 2.75) is 25.9 Å². The highest BCUT2D eigenvalue weighted by Gasteiger charge is 2.57. The van der Waals surface area contributed by atoms with Crippen LogP contribution in [0.5, 0.6) is 5.75 Å². The summed E-state index contributed by atoms with van der Waals surface area (Å²) in [6.07, 6.45) is 3.22. The Morgan fingerprint density at radius 1 is 1.31 bits per heavy atom. The van der Waals surface area contributed by atoms with E-state index >= 15 is 0 Å². The number of benzene rings is 1. The molecule has 142 valence electrons. The number of halogens is 2. The molecule has 5 nitrogen and oxygen atoms in total. The molecule has 0 bridgehead atoms. The van der Waals surface area contributed by atoms with Crippen LogP contribution in [0.25, 0.3) is 0 Å². The number of carbonyl (C=O) groups excluding carboxylic acids is 1. The van der Waals surface area contributed by atoms with Gasteiger partial charge in [-0.1, -0.05) is 12.1 Å². The van der Waals surface area contributed by atoms with Crippen molar-refractivity contribution in [2.75, 3.05) is 18.4 Å². The van der Waals surface area contributed by atoms with Crippen LogP contribution in [0.15, 0.2) is 35.2 Å². The van der Waals surface area contributed by atoms with Crippen LogP contribution in [0.2, 0.25) is 0 Å². The van der Waals surface area contributed by atoms with E-state index in [1.807, 2.05) is 29.6 Å². The second kappa shape index (κ2) is 9.04. The number of anilines is 1. The number of amides is 1. The smallest absolute Gasteiger partial charge is 0.228 e. The molecule has 1 aliphatic heterocycles. The molecule has 1 aromatic heterocycles. The standard InChI is InChI=1S/C18H21N3O2S.2ClH/c22-17(14-9-18(14)5-7-19-8-6-18)21-15-3-1-2-4-16(15)23-10-13-11-24-12-20-13;;/h1-4,11-12,14,19H,5-10H2,(H,21,22);2*1H. The molecule has 1 spiro atoms. The number of nitrogens with zero attached hydrogens (tertiary/aromatic N) is 1. The highest BCUT2D eigenvalue weighted by Crippen LogP contribution is 2.58. The average Bonchev–Trinajstić information content (AvgIpc) is 3.06. The second-order valence-electron chi connectivity index (χ2n) is 6.62. The largest absolute Gasteiger partial charge is 0.485 e. The van der Waals surface area contributed by atoms with Crippen LogP contribution in [0.4, 0.5) is 5.69 Å². The van der Waals surface area contributed by atoms with Gasteiger partial charge in [0.2, 0.25) is 5.91 Å². The molecule has 1 aliphatic carbocycles. The van der Waals surface area contributed by atoms with Crippen molar-refractivity contribution in [2.24, 2.45) is 11.3 Å². The number of nitrogens with one attached hydrogen (secondary N) is 2. The molecule has 2 fully saturated rings. The minimum absolute atomic E-state index is 0. The Hall–Kier alpha value is -1.34. The maximum absolute atomic E-state index is 12.6. The van der Waals surface area contributed by atoms with Gasteiger partial charge in [0, 0.05) is 11.3 Å². The third-order valence-electron chi connectivity index (χ3n) is 5.11. The zero-order valence-electron chi connectivity index (χ0n) is 14.3. The maximum Gasteiger partial charge on any atom is 0.228 e. The van der Waals surface area contributed by atoms with Crippen LogP contribution in [-0.4, -0.2) is 24.0 Å². The van der Waals surface area contributed by atoms with Gasteiger partial charge in [-0.2, -0.15) is 0 Å². The lowest BCUT2D eigenvalue weighted by Gasteiger charge is -2.23. The highest BCUT2D eigenvalue weighted by molar-refractivity contribution is 7.07. The summed E-state index contributed by atoms with van der Waals surface area (Å²) in [7, 11) is 0. The third-order valence-corrected chi connectivity index (χ3v) is 5.74. The van der Waals surface area contributed by atoms with E-state index in [1.54, 1.807) is 16.8 Å². The fraction of sp³-hybridized carbons (Fsp3) is 0.444. The van der Waals surface area contributed by atoms with Crippen molar-refractivity contribution in [1.82, 2.24) is 10.3 Å². The third kappa shape index (κ3) is 4.49. The summed E-state index contributed by atoms with van der Waals surface area (Å²) < 4.78 is 5.84. The Labute approximate surface area is 169 Å². The van der Waals surface area contributed by atoms with Gasteiger partial charge in [0.25, 0.3) is 0 Å². The van der Waals surface area contributed by atoms with Crippen molar-refractivity contribution in [1.29, 1.82) is 0 Å². The monoisotopic (exact) mass is 415 g/mol. The van der Waals surface area contributed by atoms with Crippen molar-refractivity contribution in [3.05, 3.63) is 40.8 Å². The molecule has 8 heteroatoms. The first-order valence-corrected chi connectivity index (χ1v) is 9.32. The lowest BCUT2D eigenvalue weighted by molar-refractivity contribution is -0.118. The number of para-hydroxylation sites is 2. The van der Waals surface area contributed by atoms with Crippen LogP contribution in [0.1, 0.15) is 25.0 Å². The zero-order valence-corrected chi connectivity index (χ0v) is 16.7. The van der Waals surface area contributed by atoms with Gasteiger partial charge in [0.05, 0.1) is 16.9 Å². The molecule has 26 heavy (non-hydrogen) atoms. The Morgan fingerprint density at radius 3 is 2.81 bits per heavy atom. The number of hydrogen-bond donors (Lipinski definition) is 2. The topological polar surface area (TPSA) is 63.2 Å². The molecule has 1 saturated carbocycles. The van der Waals surface area contributed by atoms with Gasteiger partial charge in [-0.05, 0) is 49.9 Å². The predicted molar refractivity (Wildman–Crippen MR) is 109 cm³/mol. The Morgan fingerprint density at radius 2 is 2.08 bits per heavy atom. The Balaban J connectivity index is 0.00000121. The first-order valence-electron chi connectivity index (χ1n) is 8.37. The molecule has 2 aromatic rings. The van der Waals surface area contributed by atoms with E-state index in [2.05, 4.69) is 15.6 Å². The van der Waals surface area contributed by atoms with Gasteiger partial charge in [0.15, 0.2) is 0 Å². The number of piperidine rings is 1. The summed E-state index contributed by atoms with van der Waals surface area (Å²) in [5, 5.41) is 8.41. The summed E-state index contributed by atoms with van der Waals surface area (Å²) in [5.74, 6) is 0.965. The molecule has 2 N–H and O–H groups in total. The second-order valence-corrected chi connectivity index (χ2v) is 7.34. The number of hydrogen-bond acceptors (Lipinski definition) is 5. The van der Waals surface area contributed by atoms with E-state index in [-0.39, 0.29) is 42.1 Å². The zero-order chi connectivity index (χ0) is 16.4. The fourth-order valence-corrected chi connectivity index (χ4v) is 4.11. The summed E-state index contributed by atoms with van der Waals surface area (Å²) in [5.41, 5.74) is 3.68. The van der Waals surface area contributed by atoms with Crippen molar-refractivity contribution in [3.8, 4) is 5.75 Å². The van der Waals surface area contributed by atoms with Crippen LogP contribution in [0.3, 0.4) is 0 Å². The first-order chi connectivity index (χ1) is 11.8. The van der Waals surface area contributed by atoms with E-state index in [0.717, 1.165) is 43.7 Å². The van der Waals surface area contributed by atoms with Gasteiger partial charge < -0.3 is 15.4 Å². The van der Waals surface area contributed by atoms with E-state index < -0.39 is 0 Å². The summed E-state index contributed by atoms with van der Waals surface area (Å²) >= 11 is 1.55. The van der Waals surface area contributed by atoms with Gasteiger partial charge in [-0.25, -0.2) is 4.98 Å². The van der Waals surface area contributed by atoms with Crippen LogP contribution < -0.4 is 15.4 Å². The number of carbonyl (C=O) groups is 1. The van der Waals surface area contributed by atoms with Gasteiger partial charge >= 0.3 is 0 Å².